The topological polar surface area (TPSA) is 20.2 Å². The van der Waals surface area contributed by atoms with Crippen molar-refractivity contribution in [3.05, 3.63) is 23.8 Å². The van der Waals surface area contributed by atoms with Crippen LogP contribution in [0.15, 0.2) is 23.8 Å². The van der Waals surface area contributed by atoms with E-state index in [0.29, 0.717) is 11.8 Å². The van der Waals surface area contributed by atoms with Crippen molar-refractivity contribution < 1.29 is 5.11 Å². The third-order valence-electron chi connectivity index (χ3n) is 2.13. The fourth-order valence-electron chi connectivity index (χ4n) is 1.19. The second-order valence-corrected chi connectivity index (χ2v) is 3.83. The fourth-order valence-corrected chi connectivity index (χ4v) is 1.59. The summed E-state index contributed by atoms with van der Waals surface area (Å²) in [6.07, 6.45) is 5.02. The van der Waals surface area contributed by atoms with E-state index in [-0.39, 0.29) is 5.41 Å². The minimum atomic E-state index is -0.498. The minimum absolute atomic E-state index is 0.361. The number of aliphatic hydroxyl groups excluding tert-OH is 1. The second kappa shape index (κ2) is 3.82. The Kier molecular flexibility index (Phi) is 3.22. The average molecular weight is 207 g/mol. The summed E-state index contributed by atoms with van der Waals surface area (Å²) in [5.41, 5.74) is 0.658. The Morgan fingerprint density at radius 1 is 1.58 bits per heavy atom. The minimum Gasteiger partial charge on any atom is -0.388 e. The zero-order valence-electron chi connectivity index (χ0n) is 6.93. The highest BCUT2D eigenvalue weighted by Crippen LogP contribution is 2.31. The second-order valence-electron chi connectivity index (χ2n) is 3.30. The lowest BCUT2D eigenvalue weighted by atomic mass is 9.81. The molecule has 2 unspecified atom stereocenters. The predicted octanol–water partition coefficient (Wildman–Crippen LogP) is 2.33. The average Bonchev–Trinajstić information content (AvgIpc) is 2.10. The van der Waals surface area contributed by atoms with Gasteiger partial charge in [0.05, 0.1) is 6.10 Å². The van der Waals surface area contributed by atoms with Gasteiger partial charge in [0, 0.05) is 17.2 Å². The Morgan fingerprint density at radius 3 is 2.75 bits per heavy atom. The molecule has 0 bridgehead atoms. The van der Waals surface area contributed by atoms with Crippen molar-refractivity contribution in [2.45, 2.75) is 13.0 Å². The van der Waals surface area contributed by atoms with Gasteiger partial charge in [0.2, 0.25) is 0 Å². The summed E-state index contributed by atoms with van der Waals surface area (Å²) in [5.74, 6) is 0.870. The lowest BCUT2D eigenvalue weighted by Gasteiger charge is -2.30. The van der Waals surface area contributed by atoms with E-state index >= 15 is 0 Å². The van der Waals surface area contributed by atoms with E-state index in [1.165, 1.54) is 0 Å². The number of rotatable bonds is 2. The molecule has 2 atom stereocenters. The molecule has 0 radical (unpaired) electrons. The molecule has 68 valence electrons. The fraction of sp³-hybridized carbons (Fsp3) is 0.556. The summed E-state index contributed by atoms with van der Waals surface area (Å²) in [6.45, 7) is 1.92. The summed E-state index contributed by atoms with van der Waals surface area (Å²) in [7, 11) is 0. The van der Waals surface area contributed by atoms with E-state index in [1.807, 2.05) is 19.1 Å². The first kappa shape index (κ1) is 10.1. The molecular weight excluding hydrogens is 195 g/mol. The van der Waals surface area contributed by atoms with Crippen LogP contribution in [0.2, 0.25) is 0 Å². The van der Waals surface area contributed by atoms with Crippen LogP contribution in [0, 0.1) is 5.41 Å². The van der Waals surface area contributed by atoms with Crippen LogP contribution in [0.5, 0.6) is 0 Å². The monoisotopic (exact) mass is 206 g/mol. The quantitative estimate of drug-likeness (QED) is 0.689. The van der Waals surface area contributed by atoms with Crippen LogP contribution in [-0.4, -0.2) is 23.0 Å². The summed E-state index contributed by atoms with van der Waals surface area (Å²) in [4.78, 5) is 0. The van der Waals surface area contributed by atoms with Crippen LogP contribution in [0.3, 0.4) is 0 Å². The van der Waals surface area contributed by atoms with Gasteiger partial charge in [-0.3, -0.25) is 0 Å². The molecule has 0 fully saturated rings. The van der Waals surface area contributed by atoms with Crippen molar-refractivity contribution in [2.24, 2.45) is 5.41 Å². The van der Waals surface area contributed by atoms with Crippen LogP contribution in [0.4, 0.5) is 0 Å². The van der Waals surface area contributed by atoms with Gasteiger partial charge in [0.25, 0.3) is 0 Å². The molecule has 1 N–H and O–H groups in total. The molecule has 1 aliphatic carbocycles. The number of hydrogen-bond donors (Lipinski definition) is 1. The summed E-state index contributed by atoms with van der Waals surface area (Å²) < 4.78 is 0. The maximum atomic E-state index is 9.58. The van der Waals surface area contributed by atoms with Crippen LogP contribution in [0.1, 0.15) is 6.92 Å². The highest BCUT2D eigenvalue weighted by Gasteiger charge is 2.30. The van der Waals surface area contributed by atoms with Crippen molar-refractivity contribution in [1.29, 1.82) is 0 Å². The van der Waals surface area contributed by atoms with Crippen molar-refractivity contribution in [1.82, 2.24) is 0 Å². The lowest BCUT2D eigenvalue weighted by molar-refractivity contribution is 0.126. The van der Waals surface area contributed by atoms with E-state index in [4.69, 9.17) is 23.2 Å². The Morgan fingerprint density at radius 2 is 2.25 bits per heavy atom. The Hall–Kier alpha value is 0.0200. The number of allylic oxidation sites excluding steroid dienone is 2. The number of aliphatic hydroxyl groups is 1. The van der Waals surface area contributed by atoms with E-state index in [1.54, 1.807) is 6.08 Å². The summed E-state index contributed by atoms with van der Waals surface area (Å²) in [5, 5.41) is 9.58. The maximum Gasteiger partial charge on any atom is 0.0823 e. The highest BCUT2D eigenvalue weighted by atomic mass is 35.5. The molecule has 0 aromatic rings. The van der Waals surface area contributed by atoms with Crippen molar-refractivity contribution in [3.63, 3.8) is 0 Å². The molecule has 0 heterocycles. The Bertz CT molecular complexity index is 223. The Labute approximate surface area is 82.7 Å². The molecular formula is C9H12Cl2O. The van der Waals surface area contributed by atoms with E-state index < -0.39 is 6.10 Å². The SMILES string of the molecule is CC1(CCl)C=C(CCl)C=CC1O. The van der Waals surface area contributed by atoms with E-state index in [9.17, 15) is 5.11 Å². The molecule has 1 rings (SSSR count). The van der Waals surface area contributed by atoms with Gasteiger partial charge in [-0.25, -0.2) is 0 Å². The number of alkyl halides is 2. The molecule has 0 saturated heterocycles. The normalized spacial score (nSPS) is 35.0. The molecule has 1 aliphatic rings. The molecule has 0 aromatic heterocycles. The van der Waals surface area contributed by atoms with Crippen LogP contribution < -0.4 is 0 Å². The molecule has 12 heavy (non-hydrogen) atoms. The first-order valence-electron chi connectivity index (χ1n) is 3.82. The summed E-state index contributed by atoms with van der Waals surface area (Å²) in [6, 6.07) is 0. The van der Waals surface area contributed by atoms with Crippen LogP contribution >= 0.6 is 23.2 Å². The molecule has 0 amide bonds. The Balaban J connectivity index is 2.88. The lowest BCUT2D eigenvalue weighted by Crippen LogP contribution is -2.32. The molecule has 3 heteroatoms. The first-order valence-corrected chi connectivity index (χ1v) is 4.89. The van der Waals surface area contributed by atoms with Gasteiger partial charge in [0.1, 0.15) is 0 Å². The van der Waals surface area contributed by atoms with Gasteiger partial charge in [-0.1, -0.05) is 25.2 Å². The van der Waals surface area contributed by atoms with E-state index in [2.05, 4.69) is 0 Å². The van der Waals surface area contributed by atoms with Gasteiger partial charge in [-0.15, -0.1) is 23.2 Å². The molecule has 1 nitrogen and oxygen atoms in total. The van der Waals surface area contributed by atoms with Crippen molar-refractivity contribution >= 4 is 23.2 Å². The maximum absolute atomic E-state index is 9.58. The van der Waals surface area contributed by atoms with Gasteiger partial charge < -0.3 is 5.11 Å². The zero-order chi connectivity index (χ0) is 9.19. The molecule has 0 spiro atoms. The highest BCUT2D eigenvalue weighted by molar-refractivity contribution is 6.20. The smallest absolute Gasteiger partial charge is 0.0823 e. The summed E-state index contributed by atoms with van der Waals surface area (Å²) >= 11 is 11.4. The van der Waals surface area contributed by atoms with Crippen molar-refractivity contribution in [2.75, 3.05) is 11.8 Å². The standard InChI is InChI=1S/C9H12Cl2O/c1-9(6-11)4-7(5-10)2-3-8(9)12/h2-4,8,12H,5-6H2,1H3. The first-order chi connectivity index (χ1) is 5.62. The zero-order valence-corrected chi connectivity index (χ0v) is 8.44. The van der Waals surface area contributed by atoms with Crippen molar-refractivity contribution in [3.8, 4) is 0 Å². The number of hydrogen-bond acceptors (Lipinski definition) is 1. The van der Waals surface area contributed by atoms with Gasteiger partial charge in [0.15, 0.2) is 0 Å². The van der Waals surface area contributed by atoms with Crippen LogP contribution in [-0.2, 0) is 0 Å². The largest absolute Gasteiger partial charge is 0.388 e. The predicted molar refractivity (Wildman–Crippen MR) is 52.8 cm³/mol. The van der Waals surface area contributed by atoms with Gasteiger partial charge in [-0.2, -0.15) is 0 Å². The third kappa shape index (κ3) is 1.85. The van der Waals surface area contributed by atoms with Gasteiger partial charge in [-0.05, 0) is 5.57 Å². The van der Waals surface area contributed by atoms with Gasteiger partial charge >= 0.3 is 0 Å². The molecule has 0 saturated carbocycles. The van der Waals surface area contributed by atoms with E-state index in [0.717, 1.165) is 5.57 Å². The number of halogens is 2. The van der Waals surface area contributed by atoms with Crippen LogP contribution in [0.25, 0.3) is 0 Å². The third-order valence-corrected chi connectivity index (χ3v) is 3.01. The molecule has 0 aliphatic heterocycles. The molecule has 0 aromatic carbocycles.